The molecule has 4 aromatic rings. The van der Waals surface area contributed by atoms with Gasteiger partial charge in [-0.2, -0.15) is 0 Å². The summed E-state index contributed by atoms with van der Waals surface area (Å²) in [4.78, 5) is 29.1. The zero-order valence-electron chi connectivity index (χ0n) is 19.2. The summed E-state index contributed by atoms with van der Waals surface area (Å²) in [6.45, 7) is 4.25. The Balaban J connectivity index is 1.63. The quantitative estimate of drug-likeness (QED) is 0.364. The van der Waals surface area contributed by atoms with Crippen LogP contribution in [-0.2, 0) is 6.42 Å². The lowest BCUT2D eigenvalue weighted by Gasteiger charge is -2.25. The average molecular weight is 474 g/mol. The van der Waals surface area contributed by atoms with E-state index in [1.165, 1.54) is 0 Å². The van der Waals surface area contributed by atoms with Crippen molar-refractivity contribution in [1.82, 2.24) is 4.90 Å². The highest BCUT2D eigenvalue weighted by Crippen LogP contribution is 2.39. The van der Waals surface area contributed by atoms with E-state index >= 15 is 0 Å². The fraction of sp³-hybridized carbons (Fsp3) is 0.214. The number of benzene rings is 3. The zero-order chi connectivity index (χ0) is 24.0. The molecule has 3 aromatic carbocycles. The number of hydrogen-bond donors (Lipinski definition) is 0. The average Bonchev–Trinajstić information content (AvgIpc) is 3.09. The first-order valence-corrected chi connectivity index (χ1v) is 11.5. The van der Waals surface area contributed by atoms with E-state index in [9.17, 15) is 9.59 Å². The van der Waals surface area contributed by atoms with Gasteiger partial charge in [0.2, 0.25) is 5.76 Å². The molecule has 0 aliphatic carbocycles. The van der Waals surface area contributed by atoms with Crippen LogP contribution < -0.4 is 10.2 Å². The van der Waals surface area contributed by atoms with Crippen molar-refractivity contribution in [3.8, 4) is 5.75 Å². The molecule has 6 heteroatoms. The van der Waals surface area contributed by atoms with Crippen LogP contribution in [0.2, 0.25) is 5.02 Å². The highest BCUT2D eigenvalue weighted by molar-refractivity contribution is 6.30. The lowest BCUT2D eigenvalue weighted by molar-refractivity contribution is 0.0730. The Morgan fingerprint density at radius 3 is 2.50 bits per heavy atom. The van der Waals surface area contributed by atoms with Gasteiger partial charge in [0.15, 0.2) is 5.43 Å². The first kappa shape index (κ1) is 22.2. The van der Waals surface area contributed by atoms with Crippen LogP contribution in [0.4, 0.5) is 0 Å². The Labute approximate surface area is 202 Å². The highest BCUT2D eigenvalue weighted by Gasteiger charge is 2.42. The molecule has 0 N–H and O–H groups in total. The van der Waals surface area contributed by atoms with Crippen molar-refractivity contribution in [3.63, 3.8) is 0 Å². The van der Waals surface area contributed by atoms with Crippen LogP contribution in [0.25, 0.3) is 11.0 Å². The number of amides is 1. The van der Waals surface area contributed by atoms with Crippen molar-refractivity contribution in [2.75, 3.05) is 13.7 Å². The zero-order valence-corrected chi connectivity index (χ0v) is 20.0. The van der Waals surface area contributed by atoms with E-state index in [0.717, 1.165) is 28.0 Å². The fourth-order valence-electron chi connectivity index (χ4n) is 4.81. The second-order valence-corrected chi connectivity index (χ2v) is 9.12. The van der Waals surface area contributed by atoms with Gasteiger partial charge in [-0.05, 0) is 72.9 Å². The lowest BCUT2D eigenvalue weighted by Crippen LogP contribution is -2.31. The second-order valence-electron chi connectivity index (χ2n) is 8.68. The third-order valence-electron chi connectivity index (χ3n) is 6.38. The number of nitrogens with zero attached hydrogens (tertiary/aromatic N) is 1. The summed E-state index contributed by atoms with van der Waals surface area (Å²) in [6.07, 6.45) is 0.618. The minimum Gasteiger partial charge on any atom is -0.497 e. The van der Waals surface area contributed by atoms with E-state index in [1.54, 1.807) is 24.1 Å². The molecule has 5 nitrogen and oxygen atoms in total. The van der Waals surface area contributed by atoms with Gasteiger partial charge in [0.05, 0.1) is 24.1 Å². The van der Waals surface area contributed by atoms with Crippen LogP contribution in [0, 0.1) is 13.8 Å². The Kier molecular flexibility index (Phi) is 5.66. The molecule has 1 aromatic heterocycles. The third kappa shape index (κ3) is 3.76. The summed E-state index contributed by atoms with van der Waals surface area (Å²) in [5.74, 6) is 0.603. The van der Waals surface area contributed by atoms with E-state index in [-0.39, 0.29) is 17.1 Å². The van der Waals surface area contributed by atoms with Crippen molar-refractivity contribution < 1.29 is 13.9 Å². The molecule has 0 spiro atoms. The van der Waals surface area contributed by atoms with Gasteiger partial charge in [-0.1, -0.05) is 41.9 Å². The molecule has 1 atom stereocenters. The molecule has 0 saturated carbocycles. The summed E-state index contributed by atoms with van der Waals surface area (Å²) in [6, 6.07) is 18.3. The van der Waals surface area contributed by atoms with Crippen molar-refractivity contribution >= 4 is 28.5 Å². The van der Waals surface area contributed by atoms with E-state index in [4.69, 9.17) is 20.8 Å². The number of halogens is 1. The standard InChI is InChI=1S/C28H24ClNO4/c1-16-13-17(2)23-22(14-16)34-27-24(26(23)31)25(19-5-4-6-20(29)15-19)30(28(27)32)12-11-18-7-9-21(33-3)10-8-18/h4-10,13-15,25H,11-12H2,1-3H3. The molecule has 1 aliphatic rings. The Morgan fingerprint density at radius 2 is 1.79 bits per heavy atom. The maximum Gasteiger partial charge on any atom is 0.290 e. The smallest absolute Gasteiger partial charge is 0.290 e. The molecule has 0 saturated heterocycles. The minimum absolute atomic E-state index is 0.113. The summed E-state index contributed by atoms with van der Waals surface area (Å²) in [5.41, 5.74) is 4.30. The number of aryl methyl sites for hydroxylation is 2. The molecule has 1 unspecified atom stereocenters. The van der Waals surface area contributed by atoms with Crippen LogP contribution in [0.1, 0.15) is 44.4 Å². The fourth-order valence-corrected chi connectivity index (χ4v) is 5.01. The van der Waals surface area contributed by atoms with E-state index < -0.39 is 6.04 Å². The summed E-state index contributed by atoms with van der Waals surface area (Å²) in [7, 11) is 1.63. The van der Waals surface area contributed by atoms with E-state index in [0.29, 0.717) is 34.5 Å². The topological polar surface area (TPSA) is 59.8 Å². The molecule has 172 valence electrons. The van der Waals surface area contributed by atoms with Gasteiger partial charge < -0.3 is 14.1 Å². The number of carbonyl (C=O) groups is 1. The van der Waals surface area contributed by atoms with Crippen LogP contribution in [0.5, 0.6) is 5.75 Å². The van der Waals surface area contributed by atoms with Crippen molar-refractivity contribution in [3.05, 3.63) is 109 Å². The second kappa shape index (κ2) is 8.65. The summed E-state index contributed by atoms with van der Waals surface area (Å²) in [5, 5.41) is 1.06. The molecule has 5 rings (SSSR count). The third-order valence-corrected chi connectivity index (χ3v) is 6.61. The number of ether oxygens (including phenoxy) is 1. The number of hydrogen-bond acceptors (Lipinski definition) is 4. The van der Waals surface area contributed by atoms with Crippen LogP contribution in [0.15, 0.2) is 69.9 Å². The van der Waals surface area contributed by atoms with Crippen LogP contribution >= 0.6 is 11.6 Å². The number of rotatable bonds is 5. The monoisotopic (exact) mass is 473 g/mol. The number of fused-ring (bicyclic) bond motifs is 2. The SMILES string of the molecule is COc1ccc(CCN2C(=O)c3oc4cc(C)cc(C)c4c(=O)c3C2c2cccc(Cl)c2)cc1. The van der Waals surface area contributed by atoms with Gasteiger partial charge in [0, 0.05) is 11.6 Å². The molecular formula is C28H24ClNO4. The summed E-state index contributed by atoms with van der Waals surface area (Å²) >= 11 is 6.30. The van der Waals surface area contributed by atoms with Gasteiger partial charge in [-0.25, -0.2) is 0 Å². The van der Waals surface area contributed by atoms with Gasteiger partial charge in [0.1, 0.15) is 11.3 Å². The number of methoxy groups -OCH3 is 1. The van der Waals surface area contributed by atoms with Crippen molar-refractivity contribution in [2.24, 2.45) is 0 Å². The Morgan fingerprint density at radius 1 is 1.03 bits per heavy atom. The van der Waals surface area contributed by atoms with Gasteiger partial charge in [-0.15, -0.1) is 0 Å². The minimum atomic E-state index is -0.569. The maximum atomic E-state index is 13.8. The Hall–Kier alpha value is -3.57. The molecular weight excluding hydrogens is 450 g/mol. The first-order valence-electron chi connectivity index (χ1n) is 11.1. The molecule has 1 aliphatic heterocycles. The van der Waals surface area contributed by atoms with Crippen LogP contribution in [-0.4, -0.2) is 24.5 Å². The largest absolute Gasteiger partial charge is 0.497 e. The van der Waals surface area contributed by atoms with E-state index in [2.05, 4.69) is 0 Å². The van der Waals surface area contributed by atoms with Crippen molar-refractivity contribution in [1.29, 1.82) is 0 Å². The normalized spacial score (nSPS) is 15.1. The van der Waals surface area contributed by atoms with Gasteiger partial charge >= 0.3 is 0 Å². The lowest BCUT2D eigenvalue weighted by atomic mass is 9.96. The summed E-state index contributed by atoms with van der Waals surface area (Å²) < 4.78 is 11.4. The predicted molar refractivity (Wildman–Crippen MR) is 133 cm³/mol. The first-order chi connectivity index (χ1) is 16.4. The molecule has 1 amide bonds. The van der Waals surface area contributed by atoms with E-state index in [1.807, 2.05) is 62.4 Å². The van der Waals surface area contributed by atoms with Gasteiger partial charge in [0.25, 0.3) is 5.91 Å². The number of carbonyl (C=O) groups excluding carboxylic acids is 1. The molecule has 34 heavy (non-hydrogen) atoms. The highest BCUT2D eigenvalue weighted by atomic mass is 35.5. The molecule has 0 fully saturated rings. The van der Waals surface area contributed by atoms with Gasteiger partial charge in [-0.3, -0.25) is 9.59 Å². The van der Waals surface area contributed by atoms with Crippen molar-refractivity contribution in [2.45, 2.75) is 26.3 Å². The Bertz CT molecular complexity index is 1470. The maximum absolute atomic E-state index is 13.8. The predicted octanol–water partition coefficient (Wildman–Crippen LogP) is 5.86. The molecule has 2 heterocycles. The van der Waals surface area contributed by atoms with Crippen LogP contribution in [0.3, 0.4) is 0 Å². The molecule has 0 radical (unpaired) electrons. The molecule has 0 bridgehead atoms.